The van der Waals surface area contributed by atoms with Crippen molar-refractivity contribution in [2.75, 3.05) is 12.4 Å². The van der Waals surface area contributed by atoms with Crippen LogP contribution in [0.4, 0.5) is 5.95 Å². The van der Waals surface area contributed by atoms with E-state index < -0.39 is 0 Å². The second-order valence-electron chi connectivity index (χ2n) is 6.28. The number of carbonyl (C=O) groups excluding carboxylic acids is 1. The first-order chi connectivity index (χ1) is 14.2. The predicted octanol–water partition coefficient (Wildman–Crippen LogP) is 3.65. The van der Waals surface area contributed by atoms with E-state index >= 15 is 0 Å². The quantitative estimate of drug-likeness (QED) is 0.546. The molecule has 0 bridgehead atoms. The number of hydrogen-bond donors (Lipinski definition) is 1. The Morgan fingerprint density at radius 2 is 1.72 bits per heavy atom. The molecule has 2 aromatic carbocycles. The Morgan fingerprint density at radius 1 is 1.00 bits per heavy atom. The van der Waals surface area contributed by atoms with Crippen molar-refractivity contribution in [1.29, 1.82) is 0 Å². The largest absolute Gasteiger partial charge is 0.497 e. The molecular formula is C22H19N5O2. The van der Waals surface area contributed by atoms with Crippen LogP contribution in [0.2, 0.25) is 0 Å². The summed E-state index contributed by atoms with van der Waals surface area (Å²) in [4.78, 5) is 21.6. The third-order valence-corrected chi connectivity index (χ3v) is 4.37. The van der Waals surface area contributed by atoms with E-state index in [0.717, 1.165) is 16.9 Å². The molecule has 2 heterocycles. The Kier molecular flexibility index (Phi) is 5.29. The topological polar surface area (TPSA) is 81.9 Å². The Hall–Kier alpha value is -4.00. The molecule has 0 fully saturated rings. The maximum Gasteiger partial charge on any atom is 0.281 e. The molecule has 0 aliphatic heterocycles. The molecule has 0 atom stereocenters. The van der Waals surface area contributed by atoms with Crippen LogP contribution in [0, 0.1) is 0 Å². The van der Waals surface area contributed by atoms with Crippen molar-refractivity contribution in [2.24, 2.45) is 0 Å². The van der Waals surface area contributed by atoms with Gasteiger partial charge in [-0.25, -0.2) is 0 Å². The molecular weight excluding hydrogens is 366 g/mol. The fourth-order valence-electron chi connectivity index (χ4n) is 2.82. The zero-order valence-corrected chi connectivity index (χ0v) is 15.8. The van der Waals surface area contributed by atoms with E-state index in [-0.39, 0.29) is 5.91 Å². The zero-order valence-electron chi connectivity index (χ0n) is 15.8. The summed E-state index contributed by atoms with van der Waals surface area (Å²) >= 11 is 0. The molecule has 4 rings (SSSR count). The van der Waals surface area contributed by atoms with Gasteiger partial charge in [-0.2, -0.15) is 9.67 Å². The van der Waals surface area contributed by atoms with Gasteiger partial charge in [0.2, 0.25) is 5.95 Å². The first-order valence-electron chi connectivity index (χ1n) is 9.08. The lowest BCUT2D eigenvalue weighted by atomic mass is 10.2. The van der Waals surface area contributed by atoms with Crippen molar-refractivity contribution in [1.82, 2.24) is 19.7 Å². The molecule has 0 aliphatic rings. The molecule has 0 aliphatic carbocycles. The van der Waals surface area contributed by atoms with Crippen molar-refractivity contribution >= 4 is 11.9 Å². The van der Waals surface area contributed by atoms with Crippen molar-refractivity contribution in [3.63, 3.8) is 0 Å². The number of nitrogens with one attached hydrogen (secondary N) is 1. The second kappa shape index (κ2) is 8.35. The maximum atomic E-state index is 13.0. The highest BCUT2D eigenvalue weighted by molar-refractivity contribution is 5.97. The number of rotatable bonds is 6. The molecule has 7 heteroatoms. The minimum atomic E-state index is -0.254. The van der Waals surface area contributed by atoms with Gasteiger partial charge in [-0.05, 0) is 42.0 Å². The smallest absolute Gasteiger partial charge is 0.281 e. The molecule has 0 unspecified atom stereocenters. The molecule has 29 heavy (non-hydrogen) atoms. The Labute approximate surface area is 168 Å². The lowest BCUT2D eigenvalue weighted by Gasteiger charge is -2.08. The van der Waals surface area contributed by atoms with Crippen LogP contribution in [0.5, 0.6) is 5.75 Å². The van der Waals surface area contributed by atoms with Crippen LogP contribution in [-0.2, 0) is 6.54 Å². The fraction of sp³-hybridized carbons (Fsp3) is 0.0909. The van der Waals surface area contributed by atoms with Gasteiger partial charge in [0.15, 0.2) is 5.82 Å². The van der Waals surface area contributed by atoms with E-state index in [4.69, 9.17) is 4.74 Å². The molecule has 4 aromatic rings. The highest BCUT2D eigenvalue weighted by Crippen LogP contribution is 2.19. The Balaban J connectivity index is 1.65. The number of ether oxygens (including phenoxy) is 1. The van der Waals surface area contributed by atoms with Gasteiger partial charge in [-0.3, -0.25) is 9.78 Å². The fourth-order valence-corrected chi connectivity index (χ4v) is 2.82. The van der Waals surface area contributed by atoms with Gasteiger partial charge in [-0.1, -0.05) is 30.3 Å². The molecule has 2 aromatic heterocycles. The van der Waals surface area contributed by atoms with E-state index in [2.05, 4.69) is 20.4 Å². The molecule has 0 saturated carbocycles. The van der Waals surface area contributed by atoms with Gasteiger partial charge in [0.25, 0.3) is 5.91 Å². The average Bonchev–Trinajstić information content (AvgIpc) is 3.23. The van der Waals surface area contributed by atoms with Crippen LogP contribution in [0.25, 0.3) is 11.4 Å². The predicted molar refractivity (Wildman–Crippen MR) is 110 cm³/mol. The van der Waals surface area contributed by atoms with Crippen LogP contribution >= 0.6 is 0 Å². The minimum Gasteiger partial charge on any atom is -0.497 e. The van der Waals surface area contributed by atoms with E-state index in [0.29, 0.717) is 23.9 Å². The van der Waals surface area contributed by atoms with Crippen molar-refractivity contribution in [3.8, 4) is 17.1 Å². The third kappa shape index (κ3) is 4.14. The molecule has 0 radical (unpaired) electrons. The van der Waals surface area contributed by atoms with Gasteiger partial charge in [-0.15, -0.1) is 5.10 Å². The number of benzene rings is 2. The maximum absolute atomic E-state index is 13.0. The number of carbonyl (C=O) groups is 1. The summed E-state index contributed by atoms with van der Waals surface area (Å²) in [5.74, 6) is 1.36. The van der Waals surface area contributed by atoms with Crippen LogP contribution < -0.4 is 10.1 Å². The monoisotopic (exact) mass is 385 g/mol. The highest BCUT2D eigenvalue weighted by Gasteiger charge is 2.18. The number of hydrogen-bond acceptors (Lipinski definition) is 6. The summed E-state index contributed by atoms with van der Waals surface area (Å²) in [5, 5.41) is 7.66. The normalized spacial score (nSPS) is 10.5. The van der Waals surface area contributed by atoms with Gasteiger partial charge < -0.3 is 10.1 Å². The second-order valence-corrected chi connectivity index (χ2v) is 6.28. The lowest BCUT2D eigenvalue weighted by molar-refractivity contribution is 0.0947. The Bertz CT molecular complexity index is 1090. The van der Waals surface area contributed by atoms with E-state index in [1.165, 1.54) is 4.68 Å². The van der Waals surface area contributed by atoms with Gasteiger partial charge in [0.1, 0.15) is 5.75 Å². The summed E-state index contributed by atoms with van der Waals surface area (Å²) in [7, 11) is 1.63. The molecule has 1 N–H and O–H groups in total. The van der Waals surface area contributed by atoms with E-state index in [1.807, 2.05) is 42.5 Å². The zero-order chi connectivity index (χ0) is 20.1. The number of nitrogens with zero attached hydrogens (tertiary/aromatic N) is 4. The lowest BCUT2D eigenvalue weighted by Crippen LogP contribution is -2.17. The van der Waals surface area contributed by atoms with Gasteiger partial charge in [0, 0.05) is 30.1 Å². The molecule has 144 valence electrons. The molecule has 0 spiro atoms. The summed E-state index contributed by atoms with van der Waals surface area (Å²) in [6.07, 6.45) is 3.33. The number of methoxy groups -OCH3 is 1. The van der Waals surface area contributed by atoms with Crippen molar-refractivity contribution in [2.45, 2.75) is 6.54 Å². The summed E-state index contributed by atoms with van der Waals surface area (Å²) < 4.78 is 6.49. The molecule has 0 amide bonds. The van der Waals surface area contributed by atoms with Gasteiger partial charge >= 0.3 is 0 Å². The van der Waals surface area contributed by atoms with Crippen LogP contribution in [0.3, 0.4) is 0 Å². The van der Waals surface area contributed by atoms with Crippen LogP contribution in [0.1, 0.15) is 15.9 Å². The summed E-state index contributed by atoms with van der Waals surface area (Å²) in [6.45, 7) is 0.487. The van der Waals surface area contributed by atoms with Gasteiger partial charge in [0.05, 0.1) is 7.11 Å². The standard InChI is InChI=1S/C22H19N5O2/c1-29-19-9-7-16(8-10-19)15-24-22-25-20(17-11-13-23-14-12-17)26-27(22)21(28)18-5-3-2-4-6-18/h2-14H,15H2,1H3,(H,24,25,26). The minimum absolute atomic E-state index is 0.254. The molecule has 7 nitrogen and oxygen atoms in total. The van der Waals surface area contributed by atoms with Crippen molar-refractivity contribution in [3.05, 3.63) is 90.3 Å². The summed E-state index contributed by atoms with van der Waals surface area (Å²) in [5.41, 5.74) is 2.34. The van der Waals surface area contributed by atoms with Crippen molar-refractivity contribution < 1.29 is 9.53 Å². The highest BCUT2D eigenvalue weighted by atomic mass is 16.5. The first-order valence-corrected chi connectivity index (χ1v) is 9.08. The average molecular weight is 385 g/mol. The van der Waals surface area contributed by atoms with E-state index in [1.54, 1.807) is 43.8 Å². The molecule has 0 saturated heterocycles. The number of anilines is 1. The van der Waals surface area contributed by atoms with Crippen LogP contribution in [-0.4, -0.2) is 32.8 Å². The SMILES string of the molecule is COc1ccc(CNc2nc(-c3ccncc3)nn2C(=O)c2ccccc2)cc1. The number of pyridine rings is 1. The number of aromatic nitrogens is 4. The third-order valence-electron chi connectivity index (χ3n) is 4.37. The first kappa shape index (κ1) is 18.4. The van der Waals surface area contributed by atoms with E-state index in [9.17, 15) is 4.79 Å². The Morgan fingerprint density at radius 3 is 2.41 bits per heavy atom. The van der Waals surface area contributed by atoms with Crippen LogP contribution in [0.15, 0.2) is 79.1 Å². The summed E-state index contributed by atoms with van der Waals surface area (Å²) in [6, 6.07) is 20.3.